The lowest BCUT2D eigenvalue weighted by molar-refractivity contribution is 0.103. The highest BCUT2D eigenvalue weighted by molar-refractivity contribution is 9.10. The minimum Gasteiger partial charge on any atom is -0.288 e. The molecule has 0 aliphatic carbocycles. The average Bonchev–Trinajstić information content (AvgIpc) is 2.45. The van der Waals surface area contributed by atoms with E-state index in [1.54, 1.807) is 10.9 Å². The zero-order valence-electron chi connectivity index (χ0n) is 6.75. The Balaban J connectivity index is 3.18. The van der Waals surface area contributed by atoms with E-state index in [1.807, 2.05) is 6.92 Å². The van der Waals surface area contributed by atoms with E-state index in [4.69, 9.17) is 0 Å². The molecular weight excluding hydrogens is 220 g/mol. The predicted molar refractivity (Wildman–Crippen MR) is 50.1 cm³/mol. The molecule has 0 unspecified atom stereocenters. The number of allylic oxidation sites excluding steroid dienone is 1. The van der Waals surface area contributed by atoms with Gasteiger partial charge in [0, 0.05) is 6.54 Å². The first-order valence-electron chi connectivity index (χ1n) is 3.58. The van der Waals surface area contributed by atoms with E-state index < -0.39 is 0 Å². The number of nitrogens with zero attached hydrogens (tertiary/aromatic N) is 2. The molecule has 0 aliphatic heterocycles. The molecule has 0 bridgehead atoms. The second-order valence-electron chi connectivity index (χ2n) is 2.23. The molecule has 1 aromatic rings. The Morgan fingerprint density at radius 1 is 1.92 bits per heavy atom. The van der Waals surface area contributed by atoms with Gasteiger partial charge in [-0.05, 0) is 28.9 Å². The molecule has 64 valence electrons. The maximum Gasteiger partial charge on any atom is 0.204 e. The third-order valence-corrected chi connectivity index (χ3v) is 2.09. The Labute approximate surface area is 79.2 Å². The van der Waals surface area contributed by atoms with Crippen molar-refractivity contribution in [3.63, 3.8) is 0 Å². The van der Waals surface area contributed by atoms with E-state index in [0.29, 0.717) is 16.7 Å². The molecule has 12 heavy (non-hydrogen) atoms. The van der Waals surface area contributed by atoms with Crippen molar-refractivity contribution in [3.8, 4) is 0 Å². The van der Waals surface area contributed by atoms with Crippen LogP contribution in [0.3, 0.4) is 0 Å². The van der Waals surface area contributed by atoms with Crippen LogP contribution in [0.5, 0.6) is 0 Å². The highest BCUT2D eigenvalue weighted by Crippen LogP contribution is 2.16. The summed E-state index contributed by atoms with van der Waals surface area (Å²) in [6, 6.07) is 0. The minimum atomic E-state index is -0.110. The van der Waals surface area contributed by atoms with Gasteiger partial charge in [0.1, 0.15) is 5.69 Å². The van der Waals surface area contributed by atoms with Crippen LogP contribution in [0.25, 0.3) is 0 Å². The lowest BCUT2D eigenvalue weighted by Crippen LogP contribution is -2.07. The number of halogens is 1. The maximum absolute atomic E-state index is 11.3. The van der Waals surface area contributed by atoms with Crippen LogP contribution in [0.4, 0.5) is 0 Å². The van der Waals surface area contributed by atoms with Crippen molar-refractivity contribution in [2.75, 3.05) is 0 Å². The minimum absolute atomic E-state index is 0.110. The summed E-state index contributed by atoms with van der Waals surface area (Å²) < 4.78 is 2.35. The molecule has 1 rings (SSSR count). The van der Waals surface area contributed by atoms with Gasteiger partial charge in [-0.1, -0.05) is 6.58 Å². The number of aryl methyl sites for hydroxylation is 1. The molecular formula is C8H9BrN2O. The summed E-state index contributed by atoms with van der Waals surface area (Å²) in [5.74, 6) is -0.110. The van der Waals surface area contributed by atoms with Gasteiger partial charge in [0.15, 0.2) is 0 Å². The number of carbonyl (C=O) groups excluding carboxylic acids is 1. The zero-order chi connectivity index (χ0) is 9.14. The summed E-state index contributed by atoms with van der Waals surface area (Å²) in [6.45, 7) is 6.03. The average molecular weight is 229 g/mol. The molecule has 0 amide bonds. The second-order valence-corrected chi connectivity index (χ2v) is 3.08. The molecule has 0 saturated heterocycles. The monoisotopic (exact) mass is 228 g/mol. The number of ketones is 1. The van der Waals surface area contributed by atoms with Gasteiger partial charge >= 0.3 is 0 Å². The van der Waals surface area contributed by atoms with Crippen LogP contribution in [0, 0.1) is 0 Å². The summed E-state index contributed by atoms with van der Waals surface area (Å²) in [7, 11) is 0. The number of carbonyl (C=O) groups is 1. The first kappa shape index (κ1) is 9.19. The quantitative estimate of drug-likeness (QED) is 0.587. The highest BCUT2D eigenvalue weighted by Gasteiger charge is 2.12. The Morgan fingerprint density at radius 2 is 2.58 bits per heavy atom. The molecule has 0 aromatic carbocycles. The van der Waals surface area contributed by atoms with Crippen LogP contribution < -0.4 is 0 Å². The molecule has 0 radical (unpaired) electrons. The molecule has 0 saturated carbocycles. The first-order valence-corrected chi connectivity index (χ1v) is 4.38. The van der Waals surface area contributed by atoms with Gasteiger partial charge < -0.3 is 0 Å². The topological polar surface area (TPSA) is 34.9 Å². The van der Waals surface area contributed by atoms with E-state index in [-0.39, 0.29) is 5.78 Å². The molecule has 0 spiro atoms. The maximum atomic E-state index is 11.3. The van der Waals surface area contributed by atoms with Gasteiger partial charge in [-0.3, -0.25) is 9.48 Å². The third-order valence-electron chi connectivity index (χ3n) is 1.51. The van der Waals surface area contributed by atoms with E-state index >= 15 is 0 Å². The fraction of sp³-hybridized carbons (Fsp3) is 0.250. The van der Waals surface area contributed by atoms with Crippen molar-refractivity contribution in [1.29, 1.82) is 0 Å². The van der Waals surface area contributed by atoms with Crippen LogP contribution in [0.2, 0.25) is 0 Å². The molecule has 3 nitrogen and oxygen atoms in total. The summed E-state index contributed by atoms with van der Waals surface area (Å²) >= 11 is 3.25. The molecule has 0 aliphatic rings. The van der Waals surface area contributed by atoms with Crippen LogP contribution in [-0.2, 0) is 6.54 Å². The van der Waals surface area contributed by atoms with Gasteiger partial charge in [-0.2, -0.15) is 5.10 Å². The molecule has 1 heterocycles. The first-order chi connectivity index (χ1) is 5.70. The Morgan fingerprint density at radius 3 is 3.08 bits per heavy atom. The standard InChI is InChI=1S/C8H9BrN2O/c1-3-7(12)8-6(9)5-10-11(8)4-2/h3,5H,1,4H2,2H3. The van der Waals surface area contributed by atoms with Crippen LogP contribution in [0.1, 0.15) is 17.4 Å². The summed E-state index contributed by atoms with van der Waals surface area (Å²) in [6.07, 6.45) is 2.90. The van der Waals surface area contributed by atoms with Gasteiger partial charge in [0.05, 0.1) is 10.7 Å². The normalized spacial score (nSPS) is 9.83. The largest absolute Gasteiger partial charge is 0.288 e. The van der Waals surface area contributed by atoms with Gasteiger partial charge in [-0.25, -0.2) is 0 Å². The van der Waals surface area contributed by atoms with Crippen molar-refractivity contribution in [2.45, 2.75) is 13.5 Å². The second kappa shape index (κ2) is 3.67. The molecule has 0 fully saturated rings. The van der Waals surface area contributed by atoms with Crippen molar-refractivity contribution in [1.82, 2.24) is 9.78 Å². The fourth-order valence-corrected chi connectivity index (χ4v) is 1.44. The third kappa shape index (κ3) is 1.48. The molecule has 0 N–H and O–H groups in total. The van der Waals surface area contributed by atoms with E-state index in [2.05, 4.69) is 27.6 Å². The Hall–Kier alpha value is -0.900. The fourth-order valence-electron chi connectivity index (χ4n) is 0.944. The van der Waals surface area contributed by atoms with Crippen LogP contribution >= 0.6 is 15.9 Å². The van der Waals surface area contributed by atoms with E-state index in [9.17, 15) is 4.79 Å². The van der Waals surface area contributed by atoms with Gasteiger partial charge in [0.25, 0.3) is 0 Å². The van der Waals surface area contributed by atoms with Crippen molar-refractivity contribution >= 4 is 21.7 Å². The lowest BCUT2D eigenvalue weighted by Gasteiger charge is -2.00. The smallest absolute Gasteiger partial charge is 0.204 e. The SMILES string of the molecule is C=CC(=O)c1c(Br)cnn1CC. The van der Waals surface area contributed by atoms with Gasteiger partial charge in [-0.15, -0.1) is 0 Å². The number of hydrogen-bond donors (Lipinski definition) is 0. The van der Waals surface area contributed by atoms with Gasteiger partial charge in [0.2, 0.25) is 5.78 Å². The number of hydrogen-bond acceptors (Lipinski definition) is 2. The summed E-state index contributed by atoms with van der Waals surface area (Å²) in [5, 5.41) is 4.00. The molecule has 1 aromatic heterocycles. The summed E-state index contributed by atoms with van der Waals surface area (Å²) in [5.41, 5.74) is 0.563. The molecule has 4 heteroatoms. The summed E-state index contributed by atoms with van der Waals surface area (Å²) in [4.78, 5) is 11.3. The molecule has 0 atom stereocenters. The Bertz CT molecular complexity index is 317. The van der Waals surface area contributed by atoms with E-state index in [1.165, 1.54) is 6.08 Å². The highest BCUT2D eigenvalue weighted by atomic mass is 79.9. The van der Waals surface area contributed by atoms with Crippen LogP contribution in [0.15, 0.2) is 23.3 Å². The number of rotatable bonds is 3. The van der Waals surface area contributed by atoms with Crippen LogP contribution in [-0.4, -0.2) is 15.6 Å². The van der Waals surface area contributed by atoms with E-state index in [0.717, 1.165) is 0 Å². The lowest BCUT2D eigenvalue weighted by atomic mass is 10.3. The van der Waals surface area contributed by atoms with Crippen molar-refractivity contribution in [3.05, 3.63) is 29.0 Å². The Kier molecular flexibility index (Phi) is 2.81. The van der Waals surface area contributed by atoms with Crippen molar-refractivity contribution < 1.29 is 4.79 Å². The predicted octanol–water partition coefficient (Wildman–Crippen LogP) is 2.03. The number of aromatic nitrogens is 2. The van der Waals surface area contributed by atoms with Crippen molar-refractivity contribution in [2.24, 2.45) is 0 Å². The zero-order valence-corrected chi connectivity index (χ0v) is 8.34.